The fourth-order valence-electron chi connectivity index (χ4n) is 1.13. The monoisotopic (exact) mass is 370 g/mol. The molecule has 0 aromatic heterocycles. The van der Waals surface area contributed by atoms with Gasteiger partial charge in [0.05, 0.1) is 9.65 Å². The molecule has 0 bridgehead atoms. The zero-order valence-corrected chi connectivity index (χ0v) is 13.4. The molecular formula is C11H20Br2N2O2. The summed E-state index contributed by atoms with van der Waals surface area (Å²) in [5.41, 5.74) is 0. The maximum Gasteiger partial charge on any atom is 0.233 e. The van der Waals surface area contributed by atoms with Crippen LogP contribution in [-0.2, 0) is 9.59 Å². The van der Waals surface area contributed by atoms with Crippen LogP contribution in [0.25, 0.3) is 0 Å². The van der Waals surface area contributed by atoms with Crippen molar-refractivity contribution in [1.82, 2.24) is 10.6 Å². The van der Waals surface area contributed by atoms with Gasteiger partial charge in [0.25, 0.3) is 0 Å². The maximum atomic E-state index is 11.2. The van der Waals surface area contributed by atoms with Gasteiger partial charge in [0, 0.05) is 13.1 Å². The average Bonchev–Trinajstić information content (AvgIpc) is 2.26. The number of halogens is 2. The van der Waals surface area contributed by atoms with Crippen LogP contribution in [0.4, 0.5) is 0 Å². The Morgan fingerprint density at radius 1 is 0.882 bits per heavy atom. The van der Waals surface area contributed by atoms with Crippen LogP contribution in [0.15, 0.2) is 0 Å². The number of rotatable bonds is 8. The number of amides is 2. The van der Waals surface area contributed by atoms with Gasteiger partial charge < -0.3 is 10.6 Å². The number of nitrogens with one attached hydrogen (secondary N) is 2. The molecule has 0 rings (SSSR count). The Kier molecular flexibility index (Phi) is 9.82. The van der Waals surface area contributed by atoms with Gasteiger partial charge in [-0.3, -0.25) is 9.59 Å². The van der Waals surface area contributed by atoms with Gasteiger partial charge in [0.2, 0.25) is 11.8 Å². The molecule has 0 aliphatic heterocycles. The molecule has 0 aliphatic carbocycles. The average molecular weight is 372 g/mol. The Bertz CT molecular complexity index is 222. The molecule has 0 aliphatic rings. The van der Waals surface area contributed by atoms with E-state index in [1.54, 1.807) is 13.8 Å². The summed E-state index contributed by atoms with van der Waals surface area (Å²) in [6.07, 6.45) is 2.87. The third-order valence-corrected chi connectivity index (χ3v) is 3.01. The van der Waals surface area contributed by atoms with Crippen molar-refractivity contribution in [2.75, 3.05) is 13.1 Å². The van der Waals surface area contributed by atoms with Crippen LogP contribution in [0.5, 0.6) is 0 Å². The van der Waals surface area contributed by atoms with Crippen LogP contribution < -0.4 is 10.6 Å². The lowest BCUT2D eigenvalue weighted by Gasteiger charge is -2.08. The second-order valence-corrected chi connectivity index (χ2v) is 6.62. The van der Waals surface area contributed by atoms with Crippen molar-refractivity contribution in [3.8, 4) is 0 Å². The van der Waals surface area contributed by atoms with Crippen LogP contribution in [0.3, 0.4) is 0 Å². The molecule has 0 saturated carbocycles. The summed E-state index contributed by atoms with van der Waals surface area (Å²) in [6, 6.07) is 0. The summed E-state index contributed by atoms with van der Waals surface area (Å²) < 4.78 is 0. The molecule has 17 heavy (non-hydrogen) atoms. The summed E-state index contributed by atoms with van der Waals surface area (Å²) >= 11 is 6.40. The highest BCUT2D eigenvalue weighted by Crippen LogP contribution is 1.99. The van der Waals surface area contributed by atoms with E-state index < -0.39 is 0 Å². The van der Waals surface area contributed by atoms with E-state index >= 15 is 0 Å². The fraction of sp³-hybridized carbons (Fsp3) is 0.818. The first-order chi connectivity index (χ1) is 7.95. The third-order valence-electron chi connectivity index (χ3n) is 2.17. The lowest BCUT2D eigenvalue weighted by atomic mass is 10.2. The largest absolute Gasteiger partial charge is 0.355 e. The van der Waals surface area contributed by atoms with Crippen molar-refractivity contribution >= 4 is 43.7 Å². The van der Waals surface area contributed by atoms with Crippen molar-refractivity contribution in [2.45, 2.75) is 42.8 Å². The molecule has 100 valence electrons. The van der Waals surface area contributed by atoms with E-state index in [0.717, 1.165) is 19.3 Å². The normalized spacial score (nSPS) is 13.9. The molecular weight excluding hydrogens is 352 g/mol. The first kappa shape index (κ1) is 16.9. The molecule has 2 unspecified atom stereocenters. The Morgan fingerprint density at radius 3 is 1.53 bits per heavy atom. The van der Waals surface area contributed by atoms with Gasteiger partial charge in [0.15, 0.2) is 0 Å². The predicted molar refractivity (Wildman–Crippen MR) is 76.6 cm³/mol. The van der Waals surface area contributed by atoms with Gasteiger partial charge in [-0.2, -0.15) is 0 Å². The molecule has 0 radical (unpaired) electrons. The SMILES string of the molecule is CC(Br)C(=O)NCCCCCNC(=O)C(C)Br. The summed E-state index contributed by atoms with van der Waals surface area (Å²) in [5.74, 6) is 0.0397. The summed E-state index contributed by atoms with van der Waals surface area (Å²) in [5, 5.41) is 5.64. The first-order valence-electron chi connectivity index (χ1n) is 5.78. The first-order valence-corrected chi connectivity index (χ1v) is 7.62. The maximum absolute atomic E-state index is 11.2. The van der Waals surface area contributed by atoms with E-state index in [-0.39, 0.29) is 21.5 Å². The van der Waals surface area contributed by atoms with Gasteiger partial charge in [-0.15, -0.1) is 0 Å². The summed E-state index contributed by atoms with van der Waals surface area (Å²) in [4.78, 5) is 22.1. The molecule has 6 heteroatoms. The molecule has 4 nitrogen and oxygen atoms in total. The summed E-state index contributed by atoms with van der Waals surface area (Å²) in [6.45, 7) is 4.98. The zero-order chi connectivity index (χ0) is 13.3. The highest BCUT2D eigenvalue weighted by atomic mass is 79.9. The molecule has 0 aromatic rings. The molecule has 0 spiro atoms. The van der Waals surface area contributed by atoms with E-state index in [0.29, 0.717) is 13.1 Å². The fourth-order valence-corrected chi connectivity index (χ4v) is 1.45. The van der Waals surface area contributed by atoms with Crippen LogP contribution in [0.2, 0.25) is 0 Å². The number of hydrogen-bond donors (Lipinski definition) is 2. The Hall–Kier alpha value is -0.100. The summed E-state index contributed by atoms with van der Waals surface area (Å²) in [7, 11) is 0. The lowest BCUT2D eigenvalue weighted by molar-refractivity contribution is -0.120. The van der Waals surface area contributed by atoms with Crippen LogP contribution in [0.1, 0.15) is 33.1 Å². The van der Waals surface area contributed by atoms with Gasteiger partial charge >= 0.3 is 0 Å². The number of unbranched alkanes of at least 4 members (excludes halogenated alkanes) is 2. The van der Waals surface area contributed by atoms with E-state index in [1.165, 1.54) is 0 Å². The van der Waals surface area contributed by atoms with Gasteiger partial charge in [-0.25, -0.2) is 0 Å². The van der Waals surface area contributed by atoms with E-state index in [9.17, 15) is 9.59 Å². The minimum Gasteiger partial charge on any atom is -0.355 e. The molecule has 0 heterocycles. The minimum absolute atomic E-state index is 0.0198. The van der Waals surface area contributed by atoms with Crippen molar-refractivity contribution in [2.24, 2.45) is 0 Å². The Labute approximate surface area is 120 Å². The van der Waals surface area contributed by atoms with Crippen molar-refractivity contribution in [3.05, 3.63) is 0 Å². The van der Waals surface area contributed by atoms with Crippen LogP contribution >= 0.6 is 31.9 Å². The van der Waals surface area contributed by atoms with Crippen LogP contribution in [0, 0.1) is 0 Å². The highest BCUT2D eigenvalue weighted by molar-refractivity contribution is 9.10. The van der Waals surface area contributed by atoms with E-state index in [2.05, 4.69) is 42.5 Å². The molecule has 2 N–H and O–H groups in total. The van der Waals surface area contributed by atoms with Gasteiger partial charge in [0.1, 0.15) is 0 Å². The molecule has 0 saturated heterocycles. The number of carbonyl (C=O) groups is 2. The van der Waals surface area contributed by atoms with Crippen molar-refractivity contribution in [3.63, 3.8) is 0 Å². The lowest BCUT2D eigenvalue weighted by Crippen LogP contribution is -2.31. The zero-order valence-electron chi connectivity index (χ0n) is 10.3. The molecule has 2 atom stereocenters. The van der Waals surface area contributed by atoms with Gasteiger partial charge in [-0.05, 0) is 33.1 Å². The second kappa shape index (κ2) is 9.88. The molecule has 0 fully saturated rings. The number of alkyl halides is 2. The quantitative estimate of drug-likeness (QED) is 0.506. The van der Waals surface area contributed by atoms with E-state index in [1.807, 2.05) is 0 Å². The van der Waals surface area contributed by atoms with Crippen LogP contribution in [-0.4, -0.2) is 34.6 Å². The third kappa shape index (κ3) is 9.59. The molecule has 2 amide bonds. The second-order valence-electron chi connectivity index (χ2n) is 3.87. The molecule has 0 aromatic carbocycles. The van der Waals surface area contributed by atoms with Crippen molar-refractivity contribution in [1.29, 1.82) is 0 Å². The number of hydrogen-bond acceptors (Lipinski definition) is 2. The Balaban J connectivity index is 3.30. The standard InChI is InChI=1S/C11H20Br2N2O2/c1-8(12)10(16)14-6-4-3-5-7-15-11(17)9(2)13/h8-9H,3-7H2,1-2H3,(H,14,16)(H,15,17). The van der Waals surface area contributed by atoms with Gasteiger partial charge in [-0.1, -0.05) is 31.9 Å². The van der Waals surface area contributed by atoms with Crippen molar-refractivity contribution < 1.29 is 9.59 Å². The number of carbonyl (C=O) groups excluding carboxylic acids is 2. The highest BCUT2D eigenvalue weighted by Gasteiger charge is 2.07. The Morgan fingerprint density at radius 2 is 1.24 bits per heavy atom. The smallest absolute Gasteiger partial charge is 0.233 e. The van der Waals surface area contributed by atoms with E-state index in [4.69, 9.17) is 0 Å². The minimum atomic E-state index is -0.137. The topological polar surface area (TPSA) is 58.2 Å². The predicted octanol–water partition coefficient (Wildman–Crippen LogP) is 1.96.